The first-order valence-electron chi connectivity index (χ1n) is 6.10. The van der Waals surface area contributed by atoms with Gasteiger partial charge in [-0.3, -0.25) is 10.1 Å². The number of hydrogen-bond donors (Lipinski definition) is 1. The fraction of sp³-hybridized carbons (Fsp3) is 0.538. The summed E-state index contributed by atoms with van der Waals surface area (Å²) in [5.41, 5.74) is -0.0520. The zero-order valence-corrected chi connectivity index (χ0v) is 10.4. The van der Waals surface area contributed by atoms with E-state index >= 15 is 0 Å². The monoisotopic (exact) mass is 251 g/mol. The predicted octanol–water partition coefficient (Wildman–Crippen LogP) is 2.59. The molecule has 2 rings (SSSR count). The first kappa shape index (κ1) is 12.8. The van der Waals surface area contributed by atoms with Gasteiger partial charge in [-0.15, -0.1) is 0 Å². The van der Waals surface area contributed by atoms with Gasteiger partial charge in [-0.25, -0.2) is 0 Å². The van der Waals surface area contributed by atoms with Crippen molar-refractivity contribution < 1.29 is 14.8 Å². The van der Waals surface area contributed by atoms with Crippen molar-refractivity contribution in [3.05, 3.63) is 33.9 Å². The zero-order chi connectivity index (χ0) is 13.2. The maximum atomic E-state index is 10.9. The summed E-state index contributed by atoms with van der Waals surface area (Å²) in [5, 5.41) is 21.1. The van der Waals surface area contributed by atoms with Crippen LogP contribution >= 0.6 is 0 Å². The van der Waals surface area contributed by atoms with Gasteiger partial charge in [-0.1, -0.05) is 18.9 Å². The van der Waals surface area contributed by atoms with E-state index in [0.717, 1.165) is 18.4 Å². The van der Waals surface area contributed by atoms with E-state index in [1.807, 2.05) is 0 Å². The van der Waals surface area contributed by atoms with E-state index in [-0.39, 0.29) is 18.0 Å². The van der Waals surface area contributed by atoms with Crippen LogP contribution in [0.15, 0.2) is 18.2 Å². The molecule has 0 radical (unpaired) electrons. The van der Waals surface area contributed by atoms with Crippen molar-refractivity contribution in [2.75, 3.05) is 6.61 Å². The Bertz CT molecular complexity index is 452. The molecule has 1 aromatic rings. The summed E-state index contributed by atoms with van der Waals surface area (Å²) in [6, 6.07) is 4.83. The highest BCUT2D eigenvalue weighted by Gasteiger charge is 2.32. The number of nitrogens with zero attached hydrogens (tertiary/aromatic N) is 1. The van der Waals surface area contributed by atoms with Crippen LogP contribution in [0.1, 0.15) is 31.2 Å². The van der Waals surface area contributed by atoms with Crippen molar-refractivity contribution in [1.29, 1.82) is 0 Å². The highest BCUT2D eigenvalue weighted by atomic mass is 16.6. The van der Waals surface area contributed by atoms with Gasteiger partial charge >= 0.3 is 5.69 Å². The van der Waals surface area contributed by atoms with Crippen molar-refractivity contribution in [1.82, 2.24) is 0 Å². The molecule has 0 saturated heterocycles. The Morgan fingerprint density at radius 3 is 2.72 bits per heavy atom. The van der Waals surface area contributed by atoms with Crippen LogP contribution in [-0.4, -0.2) is 22.2 Å². The van der Waals surface area contributed by atoms with Gasteiger partial charge in [0.1, 0.15) is 6.61 Å². The normalized spacial score (nSPS) is 17.7. The van der Waals surface area contributed by atoms with Gasteiger partial charge in [-0.05, 0) is 31.4 Å². The van der Waals surface area contributed by atoms with Crippen LogP contribution in [0.2, 0.25) is 0 Å². The first-order valence-corrected chi connectivity index (χ1v) is 6.10. The van der Waals surface area contributed by atoms with Crippen molar-refractivity contribution in [2.24, 2.45) is 0 Å². The maximum Gasteiger partial charge on any atom is 0.311 e. The topological polar surface area (TPSA) is 72.6 Å². The molecular formula is C13H17NO4. The minimum absolute atomic E-state index is 0.0448. The number of hydrogen-bond acceptors (Lipinski definition) is 4. The van der Waals surface area contributed by atoms with Crippen LogP contribution in [0.4, 0.5) is 5.69 Å². The quantitative estimate of drug-likeness (QED) is 0.659. The Morgan fingerprint density at radius 1 is 1.44 bits per heavy atom. The molecule has 5 heteroatoms. The van der Waals surface area contributed by atoms with Gasteiger partial charge in [0.2, 0.25) is 0 Å². The lowest BCUT2D eigenvalue weighted by atomic mass is 10.0. The third kappa shape index (κ3) is 2.79. The smallest absolute Gasteiger partial charge is 0.311 e. The molecule has 0 heterocycles. The maximum absolute atomic E-state index is 10.9. The van der Waals surface area contributed by atoms with E-state index in [2.05, 4.69) is 0 Å². The lowest BCUT2D eigenvalue weighted by Crippen LogP contribution is -2.32. The molecule has 0 aliphatic heterocycles. The third-order valence-corrected chi connectivity index (χ3v) is 3.34. The Balaban J connectivity index is 2.11. The van der Waals surface area contributed by atoms with E-state index in [9.17, 15) is 15.2 Å². The number of aliphatic hydroxyl groups is 1. The van der Waals surface area contributed by atoms with Crippen molar-refractivity contribution in [3.63, 3.8) is 0 Å². The number of ether oxygens (including phenoxy) is 1. The van der Waals surface area contributed by atoms with E-state index in [0.29, 0.717) is 12.8 Å². The lowest BCUT2D eigenvalue weighted by molar-refractivity contribution is -0.386. The molecule has 1 aliphatic carbocycles. The highest BCUT2D eigenvalue weighted by molar-refractivity contribution is 5.48. The summed E-state index contributed by atoms with van der Waals surface area (Å²) in [7, 11) is 0. The molecule has 18 heavy (non-hydrogen) atoms. The van der Waals surface area contributed by atoms with Crippen LogP contribution < -0.4 is 4.74 Å². The number of benzene rings is 1. The second kappa shape index (κ2) is 4.94. The molecule has 0 bridgehead atoms. The lowest BCUT2D eigenvalue weighted by Gasteiger charge is -2.22. The molecule has 5 nitrogen and oxygen atoms in total. The average molecular weight is 251 g/mol. The Morgan fingerprint density at radius 2 is 2.11 bits per heavy atom. The van der Waals surface area contributed by atoms with E-state index in [1.165, 1.54) is 6.07 Å². The summed E-state index contributed by atoms with van der Waals surface area (Å²) >= 11 is 0. The van der Waals surface area contributed by atoms with Gasteiger partial charge in [0, 0.05) is 6.07 Å². The van der Waals surface area contributed by atoms with E-state index in [1.54, 1.807) is 19.1 Å². The van der Waals surface area contributed by atoms with Gasteiger partial charge in [0.25, 0.3) is 0 Å². The predicted molar refractivity (Wildman–Crippen MR) is 66.7 cm³/mol. The SMILES string of the molecule is Cc1ccc(OCC2(O)CCCC2)c([N+](=O)[O-])c1. The fourth-order valence-electron chi connectivity index (χ4n) is 2.28. The molecule has 1 aromatic carbocycles. The minimum Gasteiger partial charge on any atom is -0.484 e. The first-order chi connectivity index (χ1) is 8.50. The molecular weight excluding hydrogens is 234 g/mol. The molecule has 0 amide bonds. The number of nitro groups is 1. The Labute approximate surface area is 106 Å². The minimum atomic E-state index is -0.821. The molecule has 0 atom stereocenters. The second-order valence-electron chi connectivity index (χ2n) is 4.95. The van der Waals surface area contributed by atoms with Crippen LogP contribution in [0, 0.1) is 17.0 Å². The van der Waals surface area contributed by atoms with Gasteiger partial charge in [0.05, 0.1) is 10.5 Å². The molecule has 1 N–H and O–H groups in total. The highest BCUT2D eigenvalue weighted by Crippen LogP contribution is 2.33. The third-order valence-electron chi connectivity index (χ3n) is 3.34. The van der Waals surface area contributed by atoms with Gasteiger partial charge in [0.15, 0.2) is 5.75 Å². The van der Waals surface area contributed by atoms with Gasteiger partial charge < -0.3 is 9.84 Å². The summed E-state index contributed by atoms with van der Waals surface area (Å²) in [6.45, 7) is 1.91. The van der Waals surface area contributed by atoms with E-state index in [4.69, 9.17) is 4.74 Å². The molecule has 0 unspecified atom stereocenters. The number of rotatable bonds is 4. The fourth-order valence-corrected chi connectivity index (χ4v) is 2.28. The molecule has 1 saturated carbocycles. The average Bonchev–Trinajstić information content (AvgIpc) is 2.75. The van der Waals surface area contributed by atoms with Crippen molar-refractivity contribution in [2.45, 2.75) is 38.2 Å². The molecule has 0 spiro atoms. The van der Waals surface area contributed by atoms with Crippen LogP contribution in [0.25, 0.3) is 0 Å². The van der Waals surface area contributed by atoms with Crippen molar-refractivity contribution >= 4 is 5.69 Å². The molecule has 1 fully saturated rings. The summed E-state index contributed by atoms with van der Waals surface area (Å²) in [6.07, 6.45) is 3.37. The van der Waals surface area contributed by atoms with Crippen molar-refractivity contribution in [3.8, 4) is 5.75 Å². The molecule has 0 aromatic heterocycles. The summed E-state index contributed by atoms with van der Waals surface area (Å²) in [4.78, 5) is 10.5. The van der Waals surface area contributed by atoms with Crippen LogP contribution in [0.5, 0.6) is 5.75 Å². The molecule has 98 valence electrons. The van der Waals surface area contributed by atoms with E-state index < -0.39 is 10.5 Å². The second-order valence-corrected chi connectivity index (χ2v) is 4.95. The van der Waals surface area contributed by atoms with Crippen LogP contribution in [0.3, 0.4) is 0 Å². The summed E-state index contributed by atoms with van der Waals surface area (Å²) < 4.78 is 5.45. The van der Waals surface area contributed by atoms with Crippen LogP contribution in [-0.2, 0) is 0 Å². The number of nitro benzene ring substituents is 1. The zero-order valence-electron chi connectivity index (χ0n) is 10.4. The van der Waals surface area contributed by atoms with Gasteiger partial charge in [-0.2, -0.15) is 0 Å². The Kier molecular flexibility index (Phi) is 3.52. The molecule has 1 aliphatic rings. The number of aryl methyl sites for hydroxylation is 1. The standard InChI is InChI=1S/C13H17NO4/c1-10-4-5-12(11(8-10)14(16)17)18-9-13(15)6-2-3-7-13/h4-5,8,15H,2-3,6-7,9H2,1H3. The largest absolute Gasteiger partial charge is 0.484 e. The Hall–Kier alpha value is -1.62. The summed E-state index contributed by atoms with van der Waals surface area (Å²) in [5.74, 6) is 0.228.